The van der Waals surface area contributed by atoms with Gasteiger partial charge in [-0.25, -0.2) is 0 Å². The van der Waals surface area contributed by atoms with Gasteiger partial charge in [-0.1, -0.05) is 38.3 Å². The number of rotatable bonds is 5. The first-order valence-corrected chi connectivity index (χ1v) is 11.1. The Labute approximate surface area is 184 Å². The maximum absolute atomic E-state index is 5.34. The molecule has 1 saturated heterocycles. The van der Waals surface area contributed by atoms with E-state index in [0.29, 0.717) is 29.5 Å². The van der Waals surface area contributed by atoms with Crippen LogP contribution in [0, 0.1) is 0 Å². The Morgan fingerprint density at radius 1 is 1.33 bits per heavy atom. The molecule has 154 valence electrons. The first kappa shape index (κ1) is 22.8. The highest BCUT2D eigenvalue weighted by molar-refractivity contribution is 14.0. The third kappa shape index (κ3) is 6.24. The topological polar surface area (TPSA) is 66.5 Å². The van der Waals surface area contributed by atoms with E-state index in [9.17, 15) is 0 Å². The van der Waals surface area contributed by atoms with Crippen molar-refractivity contribution < 1.29 is 4.52 Å². The van der Waals surface area contributed by atoms with Gasteiger partial charge in [-0.05, 0) is 19.8 Å². The van der Waals surface area contributed by atoms with Crippen LogP contribution < -0.4 is 5.32 Å². The van der Waals surface area contributed by atoms with Gasteiger partial charge >= 0.3 is 0 Å². The Hall–Kier alpha value is -0.510. The summed E-state index contributed by atoms with van der Waals surface area (Å²) in [7, 11) is 0. The van der Waals surface area contributed by atoms with Crippen LogP contribution in [0.15, 0.2) is 9.52 Å². The van der Waals surface area contributed by atoms with Gasteiger partial charge in [0.25, 0.3) is 0 Å². The molecule has 0 unspecified atom stereocenters. The number of hydrogen-bond acceptors (Lipinski definition) is 5. The minimum absolute atomic E-state index is 0. The second-order valence-electron chi connectivity index (χ2n) is 7.70. The van der Waals surface area contributed by atoms with Gasteiger partial charge in [-0.3, -0.25) is 4.99 Å². The smallest absolute Gasteiger partial charge is 0.228 e. The standard InChI is InChI=1S/C19H33N5OS.HI/c1-4-20-18(21-11-8-16-22-17(15(2)3)23-25-16)24-12-13-26-19(14-24)9-6-5-7-10-19;/h15H,4-14H2,1-3H3,(H,20,21);1H. The highest BCUT2D eigenvalue weighted by atomic mass is 127. The molecule has 0 bridgehead atoms. The summed E-state index contributed by atoms with van der Waals surface area (Å²) < 4.78 is 5.79. The summed E-state index contributed by atoms with van der Waals surface area (Å²) in [4.78, 5) is 11.8. The summed E-state index contributed by atoms with van der Waals surface area (Å²) in [5.74, 6) is 4.01. The van der Waals surface area contributed by atoms with Crippen molar-refractivity contribution in [3.63, 3.8) is 0 Å². The molecule has 2 aliphatic rings. The van der Waals surface area contributed by atoms with E-state index in [1.165, 1.54) is 37.9 Å². The molecule has 3 rings (SSSR count). The summed E-state index contributed by atoms with van der Waals surface area (Å²) in [6, 6.07) is 0. The van der Waals surface area contributed by atoms with Crippen LogP contribution in [0.2, 0.25) is 0 Å². The lowest BCUT2D eigenvalue weighted by Crippen LogP contribution is -2.53. The lowest BCUT2D eigenvalue weighted by molar-refractivity contribution is 0.293. The predicted molar refractivity (Wildman–Crippen MR) is 123 cm³/mol. The molecular weight excluding hydrogens is 473 g/mol. The molecule has 8 heteroatoms. The van der Waals surface area contributed by atoms with Crippen molar-refractivity contribution in [3.05, 3.63) is 11.7 Å². The molecule has 27 heavy (non-hydrogen) atoms. The van der Waals surface area contributed by atoms with Crippen LogP contribution in [0.1, 0.15) is 70.5 Å². The van der Waals surface area contributed by atoms with Crippen LogP contribution in [0.4, 0.5) is 0 Å². The minimum Gasteiger partial charge on any atom is -0.357 e. The van der Waals surface area contributed by atoms with Crippen molar-refractivity contribution in [1.82, 2.24) is 20.4 Å². The number of aliphatic imine (C=N–C) groups is 1. The monoisotopic (exact) mass is 507 g/mol. The SMILES string of the molecule is CCNC(=NCCc1nc(C(C)C)no1)N1CCSC2(CCCCC2)C1.I. The quantitative estimate of drug-likeness (QED) is 0.368. The van der Waals surface area contributed by atoms with E-state index < -0.39 is 0 Å². The fourth-order valence-electron chi connectivity index (χ4n) is 3.81. The van der Waals surface area contributed by atoms with Gasteiger partial charge in [-0.15, -0.1) is 24.0 Å². The molecule has 1 aliphatic heterocycles. The molecule has 0 atom stereocenters. The molecule has 1 aromatic rings. The molecule has 0 amide bonds. The molecule has 1 N–H and O–H groups in total. The van der Waals surface area contributed by atoms with Crippen LogP contribution in [0.25, 0.3) is 0 Å². The number of thioether (sulfide) groups is 1. The van der Waals surface area contributed by atoms with Crippen molar-refractivity contribution in [2.45, 2.75) is 70.0 Å². The molecule has 1 spiro atoms. The van der Waals surface area contributed by atoms with Crippen molar-refractivity contribution in [1.29, 1.82) is 0 Å². The number of nitrogens with one attached hydrogen (secondary N) is 1. The van der Waals surface area contributed by atoms with Gasteiger partial charge in [0.2, 0.25) is 5.89 Å². The lowest BCUT2D eigenvalue weighted by atomic mass is 9.87. The Morgan fingerprint density at radius 3 is 2.78 bits per heavy atom. The summed E-state index contributed by atoms with van der Waals surface area (Å²) in [5, 5.41) is 7.52. The summed E-state index contributed by atoms with van der Waals surface area (Å²) in [6.45, 7) is 10.1. The van der Waals surface area contributed by atoms with Crippen LogP contribution in [-0.4, -0.2) is 57.7 Å². The average molecular weight is 507 g/mol. The van der Waals surface area contributed by atoms with Crippen molar-refractivity contribution in [3.8, 4) is 0 Å². The van der Waals surface area contributed by atoms with E-state index in [4.69, 9.17) is 9.52 Å². The third-order valence-corrected chi connectivity index (χ3v) is 6.77. The van der Waals surface area contributed by atoms with E-state index in [1.54, 1.807) is 0 Å². The van der Waals surface area contributed by atoms with Gasteiger partial charge in [0.05, 0.1) is 6.54 Å². The molecule has 1 aliphatic carbocycles. The maximum Gasteiger partial charge on any atom is 0.228 e. The largest absolute Gasteiger partial charge is 0.357 e. The minimum atomic E-state index is 0. The fourth-order valence-corrected chi connectivity index (χ4v) is 5.38. The lowest BCUT2D eigenvalue weighted by Gasteiger charge is -2.45. The van der Waals surface area contributed by atoms with Gasteiger partial charge in [-0.2, -0.15) is 16.7 Å². The van der Waals surface area contributed by atoms with Crippen molar-refractivity contribution >= 4 is 41.7 Å². The Balaban J connectivity index is 0.00000261. The predicted octanol–water partition coefficient (Wildman–Crippen LogP) is 4.07. The van der Waals surface area contributed by atoms with E-state index in [2.05, 4.69) is 52.9 Å². The van der Waals surface area contributed by atoms with E-state index in [0.717, 1.165) is 31.4 Å². The molecule has 6 nitrogen and oxygen atoms in total. The molecule has 1 aromatic heterocycles. The van der Waals surface area contributed by atoms with Crippen LogP contribution in [-0.2, 0) is 6.42 Å². The van der Waals surface area contributed by atoms with E-state index >= 15 is 0 Å². The highest BCUT2D eigenvalue weighted by Gasteiger charge is 2.38. The normalized spacial score (nSPS) is 20.0. The van der Waals surface area contributed by atoms with Gasteiger partial charge in [0, 0.05) is 42.5 Å². The van der Waals surface area contributed by atoms with E-state index in [-0.39, 0.29) is 24.0 Å². The first-order valence-electron chi connectivity index (χ1n) is 10.1. The van der Waals surface area contributed by atoms with E-state index in [1.807, 2.05) is 0 Å². The molecule has 2 fully saturated rings. The zero-order chi connectivity index (χ0) is 18.4. The Morgan fingerprint density at radius 2 is 2.11 bits per heavy atom. The zero-order valence-electron chi connectivity index (χ0n) is 16.9. The van der Waals surface area contributed by atoms with Crippen molar-refractivity contribution in [2.24, 2.45) is 4.99 Å². The maximum atomic E-state index is 5.34. The van der Waals surface area contributed by atoms with Crippen molar-refractivity contribution in [2.75, 3.05) is 31.9 Å². The van der Waals surface area contributed by atoms with Crippen LogP contribution in [0.3, 0.4) is 0 Å². The molecule has 2 heterocycles. The first-order chi connectivity index (χ1) is 12.6. The molecule has 0 aromatic carbocycles. The number of aromatic nitrogens is 2. The number of nitrogens with zero attached hydrogens (tertiary/aromatic N) is 4. The number of halogens is 1. The Bertz CT molecular complexity index is 595. The molecular formula is C19H34IN5OS. The average Bonchev–Trinajstić information content (AvgIpc) is 3.11. The molecule has 0 radical (unpaired) electrons. The summed E-state index contributed by atoms with van der Waals surface area (Å²) in [6.07, 6.45) is 7.57. The highest BCUT2D eigenvalue weighted by Crippen LogP contribution is 2.42. The Kier molecular flexibility index (Phi) is 9.18. The van der Waals surface area contributed by atoms with Crippen LogP contribution in [0.5, 0.6) is 0 Å². The second-order valence-corrected chi connectivity index (χ2v) is 9.26. The van der Waals surface area contributed by atoms with Gasteiger partial charge in [0.1, 0.15) is 0 Å². The summed E-state index contributed by atoms with van der Waals surface area (Å²) in [5.41, 5.74) is 0. The van der Waals surface area contributed by atoms with Gasteiger partial charge < -0.3 is 14.7 Å². The second kappa shape index (κ2) is 10.9. The van der Waals surface area contributed by atoms with Crippen LogP contribution >= 0.6 is 35.7 Å². The third-order valence-electron chi connectivity index (χ3n) is 5.24. The fraction of sp³-hybridized carbons (Fsp3) is 0.842. The molecule has 1 saturated carbocycles. The zero-order valence-corrected chi connectivity index (χ0v) is 20.0. The number of hydrogen-bond donors (Lipinski definition) is 1. The van der Waals surface area contributed by atoms with Gasteiger partial charge in [0.15, 0.2) is 11.8 Å². The number of guanidine groups is 1. The summed E-state index contributed by atoms with van der Waals surface area (Å²) >= 11 is 2.19.